The number of hydrogen-bond donors (Lipinski definition) is 1. The van der Waals surface area contributed by atoms with Crippen LogP contribution in [0.4, 0.5) is 0 Å². The van der Waals surface area contributed by atoms with E-state index in [-0.39, 0.29) is 5.91 Å². The Hall–Kier alpha value is -1.35. The number of carbonyl (C=O) groups is 1. The summed E-state index contributed by atoms with van der Waals surface area (Å²) in [7, 11) is 0. The summed E-state index contributed by atoms with van der Waals surface area (Å²) in [6.45, 7) is 4.65. The van der Waals surface area contributed by atoms with Crippen molar-refractivity contribution in [1.82, 2.24) is 10.2 Å². The van der Waals surface area contributed by atoms with E-state index in [1.165, 1.54) is 0 Å². The van der Waals surface area contributed by atoms with Crippen molar-refractivity contribution in [3.63, 3.8) is 0 Å². The summed E-state index contributed by atoms with van der Waals surface area (Å²) in [5.74, 6) is 0.143. The van der Waals surface area contributed by atoms with Gasteiger partial charge in [-0.15, -0.1) is 0 Å². The summed E-state index contributed by atoms with van der Waals surface area (Å²) in [6, 6.07) is 9.86. The maximum atomic E-state index is 12.1. The van der Waals surface area contributed by atoms with Gasteiger partial charge in [0.15, 0.2) is 0 Å². The van der Waals surface area contributed by atoms with E-state index in [1.807, 2.05) is 42.2 Å². The Bertz CT molecular complexity index is 333. The van der Waals surface area contributed by atoms with E-state index in [2.05, 4.69) is 5.32 Å². The number of rotatable bonds is 3. The van der Waals surface area contributed by atoms with Crippen LogP contribution >= 0.6 is 0 Å². The predicted octanol–water partition coefficient (Wildman–Crippen LogP) is 1.12. The van der Waals surface area contributed by atoms with Gasteiger partial charge in [0.05, 0.1) is 6.04 Å². The molecular formula is C12H16N2O. The Balaban J connectivity index is 2.11. The second-order valence-corrected chi connectivity index (χ2v) is 3.77. The molecule has 1 aromatic carbocycles. The van der Waals surface area contributed by atoms with Crippen LogP contribution in [0.25, 0.3) is 0 Å². The van der Waals surface area contributed by atoms with E-state index in [0.717, 1.165) is 25.2 Å². The quantitative estimate of drug-likeness (QED) is 0.800. The molecule has 0 aromatic heterocycles. The number of likely N-dealkylation sites (N-methyl/N-ethyl adjacent to an activating group) is 1. The molecule has 80 valence electrons. The summed E-state index contributed by atoms with van der Waals surface area (Å²) in [6.07, 6.45) is 0. The van der Waals surface area contributed by atoms with E-state index in [9.17, 15) is 4.79 Å². The van der Waals surface area contributed by atoms with Crippen molar-refractivity contribution >= 4 is 5.91 Å². The third-order valence-corrected chi connectivity index (χ3v) is 2.82. The van der Waals surface area contributed by atoms with Crippen LogP contribution in [-0.4, -0.2) is 36.5 Å². The summed E-state index contributed by atoms with van der Waals surface area (Å²) in [5, 5.41) is 3.19. The van der Waals surface area contributed by atoms with E-state index in [0.29, 0.717) is 6.04 Å². The Morgan fingerprint density at radius 3 is 2.53 bits per heavy atom. The predicted molar refractivity (Wildman–Crippen MR) is 59.8 cm³/mol. The first-order chi connectivity index (χ1) is 7.33. The average Bonchev–Trinajstić information content (AvgIpc) is 2.23. The van der Waals surface area contributed by atoms with Crippen LogP contribution in [0.15, 0.2) is 30.3 Å². The molecule has 0 atom stereocenters. The van der Waals surface area contributed by atoms with Crippen LogP contribution in [0.5, 0.6) is 0 Å². The Kier molecular flexibility index (Phi) is 3.02. The molecule has 1 aliphatic rings. The van der Waals surface area contributed by atoms with Crippen molar-refractivity contribution in [3.8, 4) is 0 Å². The second-order valence-electron chi connectivity index (χ2n) is 3.77. The van der Waals surface area contributed by atoms with Gasteiger partial charge in [-0.2, -0.15) is 0 Å². The maximum absolute atomic E-state index is 12.1. The number of nitrogens with zero attached hydrogens (tertiary/aromatic N) is 1. The zero-order valence-corrected chi connectivity index (χ0v) is 8.94. The van der Waals surface area contributed by atoms with Crippen LogP contribution in [-0.2, 0) is 0 Å². The first-order valence-electron chi connectivity index (χ1n) is 5.39. The summed E-state index contributed by atoms with van der Waals surface area (Å²) in [5.41, 5.74) is 0.784. The number of benzene rings is 1. The minimum atomic E-state index is 0.143. The van der Waals surface area contributed by atoms with Gasteiger partial charge < -0.3 is 10.2 Å². The Morgan fingerprint density at radius 1 is 1.40 bits per heavy atom. The van der Waals surface area contributed by atoms with Gasteiger partial charge in [-0.05, 0) is 19.1 Å². The smallest absolute Gasteiger partial charge is 0.254 e. The standard InChI is InChI=1S/C12H16N2O/c1-2-14(11-8-13-9-11)12(15)10-6-4-3-5-7-10/h3-7,11,13H,2,8-9H2,1H3. The molecule has 1 saturated heterocycles. The fourth-order valence-electron chi connectivity index (χ4n) is 1.81. The average molecular weight is 204 g/mol. The van der Waals surface area contributed by atoms with Crippen LogP contribution in [0, 0.1) is 0 Å². The van der Waals surface area contributed by atoms with Gasteiger partial charge >= 0.3 is 0 Å². The van der Waals surface area contributed by atoms with Crippen molar-refractivity contribution < 1.29 is 4.79 Å². The van der Waals surface area contributed by atoms with Crippen molar-refractivity contribution in [2.75, 3.05) is 19.6 Å². The van der Waals surface area contributed by atoms with Gasteiger partial charge in [-0.3, -0.25) is 4.79 Å². The Morgan fingerprint density at radius 2 is 2.07 bits per heavy atom. The largest absolute Gasteiger partial charge is 0.333 e. The van der Waals surface area contributed by atoms with Gasteiger partial charge in [-0.1, -0.05) is 18.2 Å². The summed E-state index contributed by atoms with van der Waals surface area (Å²) >= 11 is 0. The molecule has 0 radical (unpaired) electrons. The van der Waals surface area contributed by atoms with E-state index in [4.69, 9.17) is 0 Å². The van der Waals surface area contributed by atoms with Crippen LogP contribution < -0.4 is 5.32 Å². The molecule has 1 amide bonds. The van der Waals surface area contributed by atoms with Crippen molar-refractivity contribution in [1.29, 1.82) is 0 Å². The summed E-state index contributed by atoms with van der Waals surface area (Å²) in [4.78, 5) is 14.0. The number of nitrogens with one attached hydrogen (secondary N) is 1. The summed E-state index contributed by atoms with van der Waals surface area (Å²) < 4.78 is 0. The molecule has 1 aliphatic heterocycles. The highest BCUT2D eigenvalue weighted by atomic mass is 16.2. The SMILES string of the molecule is CCN(C(=O)c1ccccc1)C1CNC1. The molecule has 0 aliphatic carbocycles. The zero-order chi connectivity index (χ0) is 10.7. The lowest BCUT2D eigenvalue weighted by atomic mass is 10.1. The van der Waals surface area contributed by atoms with Crippen LogP contribution in [0.3, 0.4) is 0 Å². The van der Waals surface area contributed by atoms with E-state index < -0.39 is 0 Å². The molecule has 1 heterocycles. The minimum absolute atomic E-state index is 0.143. The third kappa shape index (κ3) is 2.02. The monoisotopic (exact) mass is 204 g/mol. The molecular weight excluding hydrogens is 188 g/mol. The number of amides is 1. The Labute approximate surface area is 90.1 Å². The molecule has 3 heteroatoms. The molecule has 3 nitrogen and oxygen atoms in total. The molecule has 15 heavy (non-hydrogen) atoms. The topological polar surface area (TPSA) is 32.3 Å². The van der Waals surface area contributed by atoms with Gasteiger partial charge in [0.1, 0.15) is 0 Å². The molecule has 1 aromatic rings. The highest BCUT2D eigenvalue weighted by Gasteiger charge is 2.27. The lowest BCUT2D eigenvalue weighted by Gasteiger charge is -2.37. The van der Waals surface area contributed by atoms with Gasteiger partial charge in [0.2, 0.25) is 0 Å². The van der Waals surface area contributed by atoms with Crippen LogP contribution in [0.1, 0.15) is 17.3 Å². The van der Waals surface area contributed by atoms with Gasteiger partial charge in [-0.25, -0.2) is 0 Å². The highest BCUT2D eigenvalue weighted by Crippen LogP contribution is 2.10. The lowest BCUT2D eigenvalue weighted by Crippen LogP contribution is -2.58. The maximum Gasteiger partial charge on any atom is 0.254 e. The first kappa shape index (κ1) is 10.2. The molecule has 2 rings (SSSR count). The van der Waals surface area contributed by atoms with E-state index in [1.54, 1.807) is 0 Å². The normalized spacial score (nSPS) is 15.8. The first-order valence-corrected chi connectivity index (χ1v) is 5.39. The second kappa shape index (κ2) is 4.45. The molecule has 1 N–H and O–H groups in total. The fourth-order valence-corrected chi connectivity index (χ4v) is 1.81. The van der Waals surface area contributed by atoms with Crippen molar-refractivity contribution in [3.05, 3.63) is 35.9 Å². The fraction of sp³-hybridized carbons (Fsp3) is 0.417. The molecule has 0 unspecified atom stereocenters. The molecule has 1 fully saturated rings. The van der Waals surface area contributed by atoms with Crippen LogP contribution in [0.2, 0.25) is 0 Å². The van der Waals surface area contributed by atoms with Gasteiger partial charge in [0, 0.05) is 25.2 Å². The van der Waals surface area contributed by atoms with Crippen molar-refractivity contribution in [2.45, 2.75) is 13.0 Å². The number of hydrogen-bond acceptors (Lipinski definition) is 2. The van der Waals surface area contributed by atoms with Crippen molar-refractivity contribution in [2.24, 2.45) is 0 Å². The highest BCUT2D eigenvalue weighted by molar-refractivity contribution is 5.94. The molecule has 0 saturated carbocycles. The van der Waals surface area contributed by atoms with Gasteiger partial charge in [0.25, 0.3) is 5.91 Å². The van der Waals surface area contributed by atoms with E-state index >= 15 is 0 Å². The molecule has 0 spiro atoms. The third-order valence-electron chi connectivity index (χ3n) is 2.82. The molecule has 0 bridgehead atoms. The zero-order valence-electron chi connectivity index (χ0n) is 8.94. The number of carbonyl (C=O) groups excluding carboxylic acids is 1. The minimum Gasteiger partial charge on any atom is -0.333 e. The lowest BCUT2D eigenvalue weighted by molar-refractivity contribution is 0.0630.